The van der Waals surface area contributed by atoms with Crippen molar-refractivity contribution in [2.45, 2.75) is 46.0 Å². The maximum Gasteiger partial charge on any atom is 0.0567 e. The van der Waals surface area contributed by atoms with Crippen LogP contribution >= 0.6 is 31.9 Å². The van der Waals surface area contributed by atoms with Crippen molar-refractivity contribution in [1.29, 1.82) is 0 Å². The van der Waals surface area contributed by atoms with Gasteiger partial charge < -0.3 is 0 Å². The predicted octanol–water partition coefficient (Wildman–Crippen LogP) is 5.47. The Morgan fingerprint density at radius 1 is 1.21 bits per heavy atom. The summed E-state index contributed by atoms with van der Waals surface area (Å²) in [4.78, 5) is 0. The largest absolute Gasteiger partial charge is 0.0628 e. The number of halogens is 2. The molecular formula is C12H20Br2. The van der Waals surface area contributed by atoms with Crippen molar-refractivity contribution in [2.75, 3.05) is 0 Å². The van der Waals surface area contributed by atoms with Crippen LogP contribution in [0.2, 0.25) is 0 Å². The molecule has 82 valence electrons. The van der Waals surface area contributed by atoms with Gasteiger partial charge in [0.25, 0.3) is 0 Å². The van der Waals surface area contributed by atoms with Crippen LogP contribution < -0.4 is 0 Å². The SMILES string of the molecule is CC(C)CC1CCC(C=C(Br)Br)CC1. The lowest BCUT2D eigenvalue weighted by Crippen LogP contribution is -2.14. The van der Waals surface area contributed by atoms with Gasteiger partial charge in [-0.2, -0.15) is 0 Å². The van der Waals surface area contributed by atoms with Crippen molar-refractivity contribution >= 4 is 31.9 Å². The van der Waals surface area contributed by atoms with E-state index < -0.39 is 0 Å². The Kier molecular flexibility index (Phi) is 5.76. The van der Waals surface area contributed by atoms with E-state index in [4.69, 9.17) is 0 Å². The number of rotatable bonds is 3. The van der Waals surface area contributed by atoms with Gasteiger partial charge in [-0.3, -0.25) is 0 Å². The second kappa shape index (κ2) is 6.32. The summed E-state index contributed by atoms with van der Waals surface area (Å²) in [6, 6.07) is 0. The summed E-state index contributed by atoms with van der Waals surface area (Å²) in [7, 11) is 0. The molecule has 0 unspecified atom stereocenters. The third-order valence-electron chi connectivity index (χ3n) is 3.06. The molecule has 14 heavy (non-hydrogen) atoms. The Balaban J connectivity index is 2.28. The molecule has 0 amide bonds. The molecule has 0 saturated heterocycles. The van der Waals surface area contributed by atoms with E-state index in [0.717, 1.165) is 21.1 Å². The molecule has 1 rings (SSSR count). The topological polar surface area (TPSA) is 0 Å². The molecule has 0 aliphatic heterocycles. The molecule has 1 fully saturated rings. The van der Waals surface area contributed by atoms with Crippen LogP contribution in [0.3, 0.4) is 0 Å². The molecule has 0 radical (unpaired) electrons. The second-order valence-electron chi connectivity index (χ2n) is 4.87. The van der Waals surface area contributed by atoms with Gasteiger partial charge in [-0.1, -0.05) is 19.9 Å². The number of hydrogen-bond acceptors (Lipinski definition) is 0. The molecule has 0 N–H and O–H groups in total. The van der Waals surface area contributed by atoms with E-state index in [9.17, 15) is 0 Å². The van der Waals surface area contributed by atoms with Crippen molar-refractivity contribution in [3.05, 3.63) is 9.47 Å². The fraction of sp³-hybridized carbons (Fsp3) is 0.833. The van der Waals surface area contributed by atoms with E-state index in [2.05, 4.69) is 51.8 Å². The van der Waals surface area contributed by atoms with Gasteiger partial charge in [0.2, 0.25) is 0 Å². The summed E-state index contributed by atoms with van der Waals surface area (Å²) in [6.07, 6.45) is 9.33. The number of allylic oxidation sites excluding steroid dienone is 1. The predicted molar refractivity (Wildman–Crippen MR) is 70.8 cm³/mol. The summed E-state index contributed by atoms with van der Waals surface area (Å²) in [5, 5.41) is 0. The first kappa shape index (κ1) is 12.8. The first-order valence-corrected chi connectivity index (χ1v) is 7.19. The lowest BCUT2D eigenvalue weighted by atomic mass is 9.79. The molecule has 0 spiro atoms. The Labute approximate surface area is 105 Å². The van der Waals surface area contributed by atoms with Gasteiger partial charge in [-0.15, -0.1) is 0 Å². The first-order valence-electron chi connectivity index (χ1n) is 5.60. The van der Waals surface area contributed by atoms with E-state index >= 15 is 0 Å². The third-order valence-corrected chi connectivity index (χ3v) is 3.59. The minimum absolute atomic E-state index is 0.798. The third kappa shape index (κ3) is 4.97. The molecule has 1 aliphatic carbocycles. The molecule has 0 aromatic heterocycles. The van der Waals surface area contributed by atoms with Gasteiger partial charge in [0.1, 0.15) is 0 Å². The molecule has 2 heteroatoms. The maximum absolute atomic E-state index is 3.44. The van der Waals surface area contributed by atoms with Crippen molar-refractivity contribution in [2.24, 2.45) is 17.8 Å². The van der Waals surface area contributed by atoms with Crippen LogP contribution in [0.15, 0.2) is 9.47 Å². The first-order chi connectivity index (χ1) is 6.58. The van der Waals surface area contributed by atoms with Crippen LogP contribution in [-0.2, 0) is 0 Å². The Hall–Kier alpha value is 0.700. The average Bonchev–Trinajstić information content (AvgIpc) is 2.06. The van der Waals surface area contributed by atoms with E-state index in [0.29, 0.717) is 0 Å². The second-order valence-corrected chi connectivity index (χ2v) is 7.64. The fourth-order valence-corrected chi connectivity index (χ4v) is 3.18. The number of hydrogen-bond donors (Lipinski definition) is 0. The van der Waals surface area contributed by atoms with Gasteiger partial charge in [-0.05, 0) is 81.7 Å². The normalized spacial score (nSPS) is 27.8. The fourth-order valence-electron chi connectivity index (χ4n) is 2.44. The summed E-state index contributed by atoms with van der Waals surface area (Å²) >= 11 is 6.89. The molecule has 1 aliphatic rings. The molecular weight excluding hydrogens is 304 g/mol. The molecule has 0 nitrogen and oxygen atoms in total. The Bertz CT molecular complexity index is 184. The lowest BCUT2D eigenvalue weighted by molar-refractivity contribution is 0.271. The quantitative estimate of drug-likeness (QED) is 0.646. The highest BCUT2D eigenvalue weighted by molar-refractivity contribution is 9.28. The standard InChI is InChI=1S/C12H20Br2/c1-9(2)7-10-3-5-11(6-4-10)8-12(13)14/h8-11H,3-7H2,1-2H3. The van der Waals surface area contributed by atoms with Crippen molar-refractivity contribution in [3.8, 4) is 0 Å². The van der Waals surface area contributed by atoms with Crippen molar-refractivity contribution < 1.29 is 0 Å². The van der Waals surface area contributed by atoms with Crippen LogP contribution in [0, 0.1) is 17.8 Å². The van der Waals surface area contributed by atoms with Crippen LogP contribution in [0.4, 0.5) is 0 Å². The van der Waals surface area contributed by atoms with Gasteiger partial charge in [0.15, 0.2) is 0 Å². The highest BCUT2D eigenvalue weighted by Crippen LogP contribution is 2.34. The van der Waals surface area contributed by atoms with Gasteiger partial charge in [-0.25, -0.2) is 0 Å². The smallest absolute Gasteiger partial charge is 0.0567 e. The van der Waals surface area contributed by atoms with E-state index in [1.165, 1.54) is 32.1 Å². The van der Waals surface area contributed by atoms with Gasteiger partial charge in [0.05, 0.1) is 3.39 Å². The highest BCUT2D eigenvalue weighted by atomic mass is 79.9. The molecule has 0 heterocycles. The molecule has 0 aromatic carbocycles. The van der Waals surface area contributed by atoms with Crippen LogP contribution in [0.1, 0.15) is 46.0 Å². The average molecular weight is 324 g/mol. The zero-order chi connectivity index (χ0) is 10.6. The van der Waals surface area contributed by atoms with Crippen LogP contribution in [0.5, 0.6) is 0 Å². The van der Waals surface area contributed by atoms with E-state index in [1.807, 2.05) is 0 Å². The molecule has 0 bridgehead atoms. The van der Waals surface area contributed by atoms with E-state index in [1.54, 1.807) is 0 Å². The van der Waals surface area contributed by atoms with Crippen LogP contribution in [0.25, 0.3) is 0 Å². The summed E-state index contributed by atoms with van der Waals surface area (Å²) in [6.45, 7) is 4.67. The summed E-state index contributed by atoms with van der Waals surface area (Å²) < 4.78 is 1.12. The lowest BCUT2D eigenvalue weighted by Gasteiger charge is -2.27. The highest BCUT2D eigenvalue weighted by Gasteiger charge is 2.20. The van der Waals surface area contributed by atoms with Crippen molar-refractivity contribution in [1.82, 2.24) is 0 Å². The molecule has 1 saturated carbocycles. The van der Waals surface area contributed by atoms with Crippen molar-refractivity contribution in [3.63, 3.8) is 0 Å². The monoisotopic (exact) mass is 322 g/mol. The minimum Gasteiger partial charge on any atom is -0.0628 e. The molecule has 0 aromatic rings. The Morgan fingerprint density at radius 3 is 2.21 bits per heavy atom. The summed E-state index contributed by atoms with van der Waals surface area (Å²) in [5.74, 6) is 2.66. The van der Waals surface area contributed by atoms with E-state index in [-0.39, 0.29) is 0 Å². The minimum atomic E-state index is 0.798. The Morgan fingerprint density at radius 2 is 1.79 bits per heavy atom. The van der Waals surface area contributed by atoms with Crippen LogP contribution in [-0.4, -0.2) is 0 Å². The zero-order valence-electron chi connectivity index (χ0n) is 9.10. The van der Waals surface area contributed by atoms with Gasteiger partial charge in [0, 0.05) is 0 Å². The zero-order valence-corrected chi connectivity index (χ0v) is 12.3. The molecule has 0 atom stereocenters. The maximum atomic E-state index is 3.44. The summed E-state index contributed by atoms with van der Waals surface area (Å²) in [5.41, 5.74) is 0. The van der Waals surface area contributed by atoms with Gasteiger partial charge >= 0.3 is 0 Å².